The van der Waals surface area contributed by atoms with Crippen molar-refractivity contribution in [1.29, 1.82) is 0 Å². The topological polar surface area (TPSA) is 59.6 Å². The minimum Gasteiger partial charge on any atom is -0.435 e. The summed E-state index contributed by atoms with van der Waals surface area (Å²) >= 11 is 0. The van der Waals surface area contributed by atoms with Crippen LogP contribution in [0, 0.1) is 5.92 Å². The van der Waals surface area contributed by atoms with Gasteiger partial charge in [0.2, 0.25) is 5.91 Å². The molecule has 0 saturated carbocycles. The van der Waals surface area contributed by atoms with Crippen LogP contribution in [0.1, 0.15) is 5.56 Å². The van der Waals surface area contributed by atoms with Gasteiger partial charge in [0, 0.05) is 12.6 Å². The zero-order chi connectivity index (χ0) is 15.2. The number of hydrogen-bond acceptors (Lipinski definition) is 4. The normalized spacial score (nSPS) is 21.5. The van der Waals surface area contributed by atoms with Gasteiger partial charge in [-0.05, 0) is 24.7 Å². The minimum absolute atomic E-state index is 0.0202. The van der Waals surface area contributed by atoms with E-state index in [1.807, 2.05) is 0 Å². The number of hydrogen-bond donors (Lipinski definition) is 2. The molecule has 0 spiro atoms. The number of alkyl halides is 2. The van der Waals surface area contributed by atoms with Gasteiger partial charge < -0.3 is 20.1 Å². The van der Waals surface area contributed by atoms with Gasteiger partial charge in [-0.2, -0.15) is 8.78 Å². The maximum atomic E-state index is 12.0. The molecule has 0 aromatic heterocycles. The molecule has 0 aliphatic carbocycles. The lowest BCUT2D eigenvalue weighted by molar-refractivity contribution is -0.125. The van der Waals surface area contributed by atoms with E-state index in [2.05, 4.69) is 15.4 Å². The first-order valence-corrected chi connectivity index (χ1v) is 6.66. The summed E-state index contributed by atoms with van der Waals surface area (Å²) in [6.07, 6.45) is 0. The average Bonchev–Trinajstić information content (AvgIpc) is 2.94. The molecule has 1 aromatic carbocycles. The number of halogens is 2. The van der Waals surface area contributed by atoms with Crippen LogP contribution in [0.4, 0.5) is 8.78 Å². The van der Waals surface area contributed by atoms with Gasteiger partial charge in [-0.1, -0.05) is 12.1 Å². The maximum Gasteiger partial charge on any atom is 0.387 e. The first kappa shape index (κ1) is 15.7. The Balaban J connectivity index is 1.83. The average molecular weight is 300 g/mol. The molecule has 2 atom stereocenters. The molecule has 5 nitrogen and oxygen atoms in total. The van der Waals surface area contributed by atoms with Crippen LogP contribution in [0.15, 0.2) is 24.3 Å². The highest BCUT2D eigenvalue weighted by Crippen LogP contribution is 2.16. The van der Waals surface area contributed by atoms with Gasteiger partial charge in [-0.25, -0.2) is 0 Å². The van der Waals surface area contributed by atoms with Crippen LogP contribution in [0.5, 0.6) is 5.75 Å². The lowest BCUT2D eigenvalue weighted by Crippen LogP contribution is -2.42. The Kier molecular flexibility index (Phi) is 5.46. The van der Waals surface area contributed by atoms with Gasteiger partial charge in [-0.3, -0.25) is 4.79 Å². The van der Waals surface area contributed by atoms with E-state index < -0.39 is 6.61 Å². The molecule has 1 aromatic rings. The quantitative estimate of drug-likeness (QED) is 0.827. The van der Waals surface area contributed by atoms with E-state index >= 15 is 0 Å². The SMILES string of the molecule is CNC1COCC1C(=O)NCc1ccc(OC(F)F)cc1. The Bertz CT molecular complexity index is 468. The smallest absolute Gasteiger partial charge is 0.387 e. The summed E-state index contributed by atoms with van der Waals surface area (Å²) in [6, 6.07) is 6.19. The van der Waals surface area contributed by atoms with Crippen molar-refractivity contribution in [1.82, 2.24) is 10.6 Å². The number of nitrogens with one attached hydrogen (secondary N) is 2. The van der Waals surface area contributed by atoms with Crippen molar-refractivity contribution < 1.29 is 23.0 Å². The standard InChI is InChI=1S/C14H18F2N2O3/c1-17-12-8-20-7-11(12)13(19)18-6-9-2-4-10(5-3-9)21-14(15)16/h2-5,11-12,14,17H,6-8H2,1H3,(H,18,19). The molecular formula is C14H18F2N2O3. The minimum atomic E-state index is -2.84. The van der Waals surface area contributed by atoms with Gasteiger partial charge in [0.15, 0.2) is 0 Å². The van der Waals surface area contributed by atoms with Crippen LogP contribution >= 0.6 is 0 Å². The third kappa shape index (κ3) is 4.37. The van der Waals surface area contributed by atoms with Crippen molar-refractivity contribution in [3.05, 3.63) is 29.8 Å². The Morgan fingerprint density at radius 2 is 2.10 bits per heavy atom. The predicted molar refractivity (Wildman–Crippen MR) is 72.1 cm³/mol. The van der Waals surface area contributed by atoms with E-state index in [9.17, 15) is 13.6 Å². The van der Waals surface area contributed by atoms with Crippen LogP contribution in [-0.4, -0.2) is 38.8 Å². The molecule has 0 radical (unpaired) electrons. The Labute approximate surface area is 121 Å². The number of carbonyl (C=O) groups excluding carboxylic acids is 1. The van der Waals surface area contributed by atoms with Gasteiger partial charge in [0.05, 0.1) is 19.1 Å². The number of benzene rings is 1. The van der Waals surface area contributed by atoms with E-state index in [1.165, 1.54) is 12.1 Å². The van der Waals surface area contributed by atoms with Gasteiger partial charge in [-0.15, -0.1) is 0 Å². The number of rotatable bonds is 6. The van der Waals surface area contributed by atoms with Crippen molar-refractivity contribution >= 4 is 5.91 Å². The fourth-order valence-corrected chi connectivity index (χ4v) is 2.21. The molecule has 116 valence electrons. The summed E-state index contributed by atoms with van der Waals surface area (Å²) in [6.45, 7) is -1.58. The van der Waals surface area contributed by atoms with Crippen LogP contribution in [0.3, 0.4) is 0 Å². The lowest BCUT2D eigenvalue weighted by Gasteiger charge is -2.16. The number of likely N-dealkylation sites (N-methyl/N-ethyl adjacent to an activating group) is 1. The van der Waals surface area contributed by atoms with Crippen molar-refractivity contribution in [3.63, 3.8) is 0 Å². The zero-order valence-corrected chi connectivity index (χ0v) is 11.6. The predicted octanol–water partition coefficient (Wildman–Crippen LogP) is 1.14. The molecule has 2 unspecified atom stereocenters. The maximum absolute atomic E-state index is 12.0. The fraction of sp³-hybridized carbons (Fsp3) is 0.500. The van der Waals surface area contributed by atoms with Gasteiger partial charge in [0.1, 0.15) is 5.75 Å². The third-order valence-electron chi connectivity index (χ3n) is 3.40. The molecule has 2 rings (SSSR count). The first-order valence-electron chi connectivity index (χ1n) is 6.66. The van der Waals surface area contributed by atoms with Crippen molar-refractivity contribution in [2.75, 3.05) is 20.3 Å². The molecule has 1 heterocycles. The van der Waals surface area contributed by atoms with Crippen LogP contribution in [0.2, 0.25) is 0 Å². The van der Waals surface area contributed by atoms with Crippen molar-refractivity contribution in [3.8, 4) is 5.75 Å². The fourth-order valence-electron chi connectivity index (χ4n) is 2.21. The summed E-state index contributed by atoms with van der Waals surface area (Å²) < 4.78 is 33.6. The largest absolute Gasteiger partial charge is 0.435 e. The summed E-state index contributed by atoms with van der Waals surface area (Å²) in [5.74, 6) is -0.198. The van der Waals surface area contributed by atoms with Gasteiger partial charge >= 0.3 is 6.61 Å². The second kappa shape index (κ2) is 7.33. The van der Waals surface area contributed by atoms with Crippen molar-refractivity contribution in [2.24, 2.45) is 5.92 Å². The molecule has 7 heteroatoms. The molecule has 1 fully saturated rings. The highest BCUT2D eigenvalue weighted by Gasteiger charge is 2.32. The third-order valence-corrected chi connectivity index (χ3v) is 3.40. The highest BCUT2D eigenvalue weighted by molar-refractivity contribution is 5.79. The van der Waals surface area contributed by atoms with E-state index in [4.69, 9.17) is 4.74 Å². The summed E-state index contributed by atoms with van der Waals surface area (Å²) in [5.41, 5.74) is 0.810. The van der Waals surface area contributed by atoms with Gasteiger partial charge in [0.25, 0.3) is 0 Å². The van der Waals surface area contributed by atoms with E-state index in [-0.39, 0.29) is 23.6 Å². The Hall–Kier alpha value is -1.73. The molecule has 1 saturated heterocycles. The molecule has 1 aliphatic heterocycles. The molecular weight excluding hydrogens is 282 g/mol. The Morgan fingerprint density at radius 3 is 2.71 bits per heavy atom. The lowest BCUT2D eigenvalue weighted by atomic mass is 10.0. The van der Waals surface area contributed by atoms with E-state index in [0.717, 1.165) is 5.56 Å². The second-order valence-electron chi connectivity index (χ2n) is 4.78. The number of carbonyl (C=O) groups is 1. The summed E-state index contributed by atoms with van der Waals surface area (Å²) in [5, 5.41) is 5.86. The summed E-state index contributed by atoms with van der Waals surface area (Å²) in [7, 11) is 1.79. The molecule has 1 amide bonds. The molecule has 2 N–H and O–H groups in total. The number of ether oxygens (including phenoxy) is 2. The molecule has 1 aliphatic rings. The monoisotopic (exact) mass is 300 g/mol. The second-order valence-corrected chi connectivity index (χ2v) is 4.78. The van der Waals surface area contributed by atoms with Crippen LogP contribution in [-0.2, 0) is 16.1 Å². The number of amides is 1. The van der Waals surface area contributed by atoms with E-state index in [0.29, 0.717) is 19.8 Å². The van der Waals surface area contributed by atoms with E-state index in [1.54, 1.807) is 19.2 Å². The van der Waals surface area contributed by atoms with Crippen LogP contribution in [0.25, 0.3) is 0 Å². The molecule has 0 bridgehead atoms. The Morgan fingerprint density at radius 1 is 1.38 bits per heavy atom. The first-order chi connectivity index (χ1) is 10.1. The summed E-state index contributed by atoms with van der Waals surface area (Å²) in [4.78, 5) is 12.0. The highest BCUT2D eigenvalue weighted by atomic mass is 19.3. The van der Waals surface area contributed by atoms with Crippen molar-refractivity contribution in [2.45, 2.75) is 19.2 Å². The molecule has 21 heavy (non-hydrogen) atoms. The van der Waals surface area contributed by atoms with Crippen LogP contribution < -0.4 is 15.4 Å². The zero-order valence-electron chi connectivity index (χ0n) is 11.6.